The lowest BCUT2D eigenvalue weighted by Gasteiger charge is -2.06. The molecule has 1 aliphatic heterocycles. The Morgan fingerprint density at radius 3 is 2.69 bits per heavy atom. The van der Waals surface area contributed by atoms with Crippen molar-refractivity contribution >= 4 is 0 Å². The Hall–Kier alpha value is -0.300. The summed E-state index contributed by atoms with van der Waals surface area (Å²) in [6.45, 7) is 2.43. The molecular formula is C12H21N. The molecule has 2 aliphatic rings. The Morgan fingerprint density at radius 1 is 1.00 bits per heavy atom. The fourth-order valence-corrected chi connectivity index (χ4v) is 2.56. The van der Waals surface area contributed by atoms with Crippen molar-refractivity contribution in [3.05, 3.63) is 11.6 Å². The van der Waals surface area contributed by atoms with Crippen molar-refractivity contribution in [1.29, 1.82) is 0 Å². The van der Waals surface area contributed by atoms with Gasteiger partial charge in [0.1, 0.15) is 0 Å². The zero-order valence-electron chi connectivity index (χ0n) is 8.52. The van der Waals surface area contributed by atoms with Crippen molar-refractivity contribution in [1.82, 2.24) is 5.32 Å². The van der Waals surface area contributed by atoms with Crippen molar-refractivity contribution in [2.75, 3.05) is 13.1 Å². The van der Waals surface area contributed by atoms with Crippen LogP contribution in [0.3, 0.4) is 0 Å². The molecule has 1 nitrogen and oxygen atoms in total. The van der Waals surface area contributed by atoms with Crippen LogP contribution in [0.15, 0.2) is 11.6 Å². The summed E-state index contributed by atoms with van der Waals surface area (Å²) in [4.78, 5) is 0. The quantitative estimate of drug-likeness (QED) is 0.610. The number of hydrogen-bond acceptors (Lipinski definition) is 1. The minimum absolute atomic E-state index is 0.938. The lowest BCUT2D eigenvalue weighted by molar-refractivity contribution is 0.670. The van der Waals surface area contributed by atoms with Crippen LogP contribution in [-0.2, 0) is 0 Å². The van der Waals surface area contributed by atoms with Gasteiger partial charge in [0.25, 0.3) is 0 Å². The zero-order chi connectivity index (χ0) is 8.93. The molecule has 0 unspecified atom stereocenters. The van der Waals surface area contributed by atoms with Gasteiger partial charge in [0.2, 0.25) is 0 Å². The third-order valence-corrected chi connectivity index (χ3v) is 3.35. The summed E-state index contributed by atoms with van der Waals surface area (Å²) in [5.41, 5.74) is 1.73. The van der Waals surface area contributed by atoms with E-state index in [0.717, 1.165) is 5.92 Å². The summed E-state index contributed by atoms with van der Waals surface area (Å²) in [5, 5.41) is 3.46. The molecular weight excluding hydrogens is 158 g/mol. The van der Waals surface area contributed by atoms with Crippen LogP contribution in [0.1, 0.15) is 44.9 Å². The lowest BCUT2D eigenvalue weighted by Crippen LogP contribution is -2.13. The number of nitrogens with one attached hydrogen (secondary N) is 1. The molecule has 2 fully saturated rings. The van der Waals surface area contributed by atoms with Gasteiger partial charge >= 0.3 is 0 Å². The highest BCUT2D eigenvalue weighted by molar-refractivity contribution is 5.07. The van der Waals surface area contributed by atoms with Crippen LogP contribution < -0.4 is 5.32 Å². The molecule has 1 aliphatic carbocycles. The standard InChI is InChI=1S/C12H21N/c1-2-5-11(4-1)10-12-6-3-8-13-9-7-12/h10-11,13H,1-9H2/b12-10-. The van der Waals surface area contributed by atoms with E-state index in [0.29, 0.717) is 0 Å². The molecule has 0 aromatic carbocycles. The van der Waals surface area contributed by atoms with Gasteiger partial charge in [0.15, 0.2) is 0 Å². The number of rotatable bonds is 1. The molecule has 0 atom stereocenters. The van der Waals surface area contributed by atoms with Crippen LogP contribution in [-0.4, -0.2) is 13.1 Å². The third kappa shape index (κ3) is 2.84. The Bertz CT molecular complexity index is 168. The molecule has 0 spiro atoms. The smallest absolute Gasteiger partial charge is 0.00116 e. The van der Waals surface area contributed by atoms with Gasteiger partial charge in [-0.3, -0.25) is 0 Å². The average molecular weight is 179 g/mol. The van der Waals surface area contributed by atoms with E-state index in [1.807, 2.05) is 0 Å². The zero-order valence-corrected chi connectivity index (χ0v) is 8.52. The first-order valence-corrected chi connectivity index (χ1v) is 5.85. The second-order valence-corrected chi connectivity index (χ2v) is 4.47. The largest absolute Gasteiger partial charge is 0.316 e. The van der Waals surface area contributed by atoms with Crippen LogP contribution in [0, 0.1) is 5.92 Å². The topological polar surface area (TPSA) is 12.0 Å². The van der Waals surface area contributed by atoms with E-state index in [9.17, 15) is 0 Å². The van der Waals surface area contributed by atoms with Gasteiger partial charge in [-0.2, -0.15) is 0 Å². The van der Waals surface area contributed by atoms with Crippen molar-refractivity contribution in [2.45, 2.75) is 44.9 Å². The molecule has 1 heteroatoms. The normalized spacial score (nSPS) is 29.4. The maximum absolute atomic E-state index is 3.46. The summed E-state index contributed by atoms with van der Waals surface area (Å²) in [7, 11) is 0. The molecule has 1 saturated carbocycles. The Balaban J connectivity index is 1.88. The highest BCUT2D eigenvalue weighted by Gasteiger charge is 2.13. The Morgan fingerprint density at radius 2 is 1.85 bits per heavy atom. The van der Waals surface area contributed by atoms with Crippen LogP contribution in [0.25, 0.3) is 0 Å². The molecule has 0 aromatic rings. The van der Waals surface area contributed by atoms with Gasteiger partial charge in [0.05, 0.1) is 0 Å². The third-order valence-electron chi connectivity index (χ3n) is 3.35. The SMILES string of the molecule is C(=C1\CCCNCC1)/C1CCCC1. The number of allylic oxidation sites excluding steroid dienone is 1. The summed E-state index contributed by atoms with van der Waals surface area (Å²) >= 11 is 0. The van der Waals surface area contributed by atoms with Crippen LogP contribution in [0.2, 0.25) is 0 Å². The summed E-state index contributed by atoms with van der Waals surface area (Å²) in [6, 6.07) is 0. The molecule has 1 heterocycles. The monoisotopic (exact) mass is 179 g/mol. The van der Waals surface area contributed by atoms with Crippen molar-refractivity contribution in [3.63, 3.8) is 0 Å². The predicted molar refractivity (Wildman–Crippen MR) is 56.8 cm³/mol. The van der Waals surface area contributed by atoms with E-state index in [4.69, 9.17) is 0 Å². The first-order valence-electron chi connectivity index (χ1n) is 5.85. The Kier molecular flexibility index (Phi) is 3.42. The fraction of sp³-hybridized carbons (Fsp3) is 0.833. The van der Waals surface area contributed by atoms with Crippen LogP contribution >= 0.6 is 0 Å². The van der Waals surface area contributed by atoms with Crippen LogP contribution in [0.4, 0.5) is 0 Å². The molecule has 0 aromatic heterocycles. The van der Waals surface area contributed by atoms with E-state index >= 15 is 0 Å². The van der Waals surface area contributed by atoms with E-state index in [1.54, 1.807) is 5.57 Å². The van der Waals surface area contributed by atoms with Crippen LogP contribution in [0.5, 0.6) is 0 Å². The second-order valence-electron chi connectivity index (χ2n) is 4.47. The van der Waals surface area contributed by atoms with Gasteiger partial charge in [-0.1, -0.05) is 24.5 Å². The first-order chi connectivity index (χ1) is 6.45. The van der Waals surface area contributed by atoms with E-state index in [1.165, 1.54) is 58.0 Å². The average Bonchev–Trinajstić information content (AvgIpc) is 2.49. The fourth-order valence-electron chi connectivity index (χ4n) is 2.56. The highest BCUT2D eigenvalue weighted by Crippen LogP contribution is 2.28. The van der Waals surface area contributed by atoms with Crippen molar-refractivity contribution in [2.24, 2.45) is 5.92 Å². The van der Waals surface area contributed by atoms with E-state index in [2.05, 4.69) is 11.4 Å². The number of hydrogen-bond donors (Lipinski definition) is 1. The Labute approximate surface area is 81.6 Å². The van der Waals surface area contributed by atoms with Gasteiger partial charge < -0.3 is 5.32 Å². The molecule has 0 radical (unpaired) electrons. The lowest BCUT2D eigenvalue weighted by atomic mass is 10.00. The summed E-state index contributed by atoms with van der Waals surface area (Å²) in [6.07, 6.45) is 12.4. The summed E-state index contributed by atoms with van der Waals surface area (Å²) < 4.78 is 0. The molecule has 2 rings (SSSR count). The van der Waals surface area contributed by atoms with Crippen molar-refractivity contribution < 1.29 is 0 Å². The summed E-state index contributed by atoms with van der Waals surface area (Å²) in [5.74, 6) is 0.938. The second kappa shape index (κ2) is 4.80. The minimum Gasteiger partial charge on any atom is -0.316 e. The van der Waals surface area contributed by atoms with E-state index < -0.39 is 0 Å². The molecule has 13 heavy (non-hydrogen) atoms. The van der Waals surface area contributed by atoms with Gasteiger partial charge in [0, 0.05) is 0 Å². The maximum Gasteiger partial charge on any atom is -0.00116 e. The predicted octanol–water partition coefficient (Wildman–Crippen LogP) is 2.88. The molecule has 1 N–H and O–H groups in total. The van der Waals surface area contributed by atoms with Gasteiger partial charge in [-0.25, -0.2) is 0 Å². The molecule has 1 saturated heterocycles. The van der Waals surface area contributed by atoms with Gasteiger partial charge in [-0.15, -0.1) is 0 Å². The molecule has 0 amide bonds. The van der Waals surface area contributed by atoms with E-state index in [-0.39, 0.29) is 0 Å². The minimum atomic E-state index is 0.938. The maximum atomic E-state index is 3.46. The molecule has 0 bridgehead atoms. The van der Waals surface area contributed by atoms with Crippen molar-refractivity contribution in [3.8, 4) is 0 Å². The molecule has 74 valence electrons. The first kappa shape index (κ1) is 9.26. The van der Waals surface area contributed by atoms with Gasteiger partial charge in [-0.05, 0) is 51.1 Å². The highest BCUT2D eigenvalue weighted by atomic mass is 14.8.